The Labute approximate surface area is 141 Å². The van der Waals surface area contributed by atoms with Crippen molar-refractivity contribution in [3.63, 3.8) is 0 Å². The third kappa shape index (κ3) is 2.50. The lowest BCUT2D eigenvalue weighted by Crippen LogP contribution is -2.45. The van der Waals surface area contributed by atoms with E-state index >= 15 is 0 Å². The van der Waals surface area contributed by atoms with Crippen molar-refractivity contribution < 1.29 is 4.79 Å². The molecule has 6 nitrogen and oxygen atoms in total. The molecule has 0 aliphatic carbocycles. The first-order valence-electron chi connectivity index (χ1n) is 8.80. The summed E-state index contributed by atoms with van der Waals surface area (Å²) in [6, 6.07) is 10.4. The highest BCUT2D eigenvalue weighted by molar-refractivity contribution is 5.80. The van der Waals surface area contributed by atoms with Crippen molar-refractivity contribution in [3.05, 3.63) is 41.7 Å². The third-order valence-electron chi connectivity index (χ3n) is 5.66. The fourth-order valence-corrected chi connectivity index (χ4v) is 4.18. The maximum atomic E-state index is 13.3. The minimum Gasteiger partial charge on any atom is -0.333 e. The summed E-state index contributed by atoms with van der Waals surface area (Å²) < 4.78 is 1.84. The Hall–Kier alpha value is -2.24. The summed E-state index contributed by atoms with van der Waals surface area (Å²) in [5, 5.41) is 11.8. The van der Waals surface area contributed by atoms with E-state index in [0.29, 0.717) is 0 Å². The molecule has 2 aliphatic rings. The number of aromatic nitrogens is 4. The van der Waals surface area contributed by atoms with Crippen molar-refractivity contribution in [3.8, 4) is 0 Å². The zero-order valence-electron chi connectivity index (χ0n) is 14.1. The van der Waals surface area contributed by atoms with Crippen molar-refractivity contribution in [2.45, 2.75) is 51.1 Å². The molecule has 1 saturated heterocycles. The molecule has 3 heterocycles. The number of fused-ring (bicyclic) bond motifs is 1. The second kappa shape index (κ2) is 6.00. The van der Waals surface area contributed by atoms with Gasteiger partial charge in [-0.1, -0.05) is 30.3 Å². The maximum Gasteiger partial charge on any atom is 0.226 e. The Bertz CT molecular complexity index is 706. The van der Waals surface area contributed by atoms with Gasteiger partial charge in [-0.15, -0.1) is 5.10 Å². The van der Waals surface area contributed by atoms with E-state index in [-0.39, 0.29) is 17.4 Å². The van der Waals surface area contributed by atoms with E-state index in [0.717, 1.165) is 51.0 Å². The summed E-state index contributed by atoms with van der Waals surface area (Å²) in [5.41, 5.74) is 1.06. The van der Waals surface area contributed by atoms with Crippen LogP contribution in [0.2, 0.25) is 0 Å². The first-order valence-corrected chi connectivity index (χ1v) is 8.80. The number of amides is 1. The van der Waals surface area contributed by atoms with Gasteiger partial charge in [-0.05, 0) is 48.6 Å². The molecule has 0 saturated carbocycles. The number of aryl methyl sites for hydroxylation is 2. The summed E-state index contributed by atoms with van der Waals surface area (Å²) in [6.07, 6.45) is 4.53. The van der Waals surface area contributed by atoms with Crippen LogP contribution in [0.1, 0.15) is 44.0 Å². The van der Waals surface area contributed by atoms with Crippen molar-refractivity contribution in [2.75, 3.05) is 6.54 Å². The van der Waals surface area contributed by atoms with Crippen LogP contribution >= 0.6 is 0 Å². The smallest absolute Gasteiger partial charge is 0.226 e. The van der Waals surface area contributed by atoms with Crippen LogP contribution in [0.3, 0.4) is 0 Å². The van der Waals surface area contributed by atoms with E-state index in [1.165, 1.54) is 5.56 Å². The fourth-order valence-electron chi connectivity index (χ4n) is 4.18. The number of rotatable bonds is 2. The average molecular weight is 325 g/mol. The molecule has 0 spiro atoms. The second-order valence-corrected chi connectivity index (χ2v) is 7.08. The molecule has 1 fully saturated rings. The Morgan fingerprint density at radius 1 is 1.21 bits per heavy atom. The summed E-state index contributed by atoms with van der Waals surface area (Å²) >= 11 is 0. The molecule has 0 bridgehead atoms. The normalized spacial score (nSPS) is 26.9. The second-order valence-electron chi connectivity index (χ2n) is 7.08. The van der Waals surface area contributed by atoms with Gasteiger partial charge in [0.1, 0.15) is 0 Å². The number of likely N-dealkylation sites (tertiary alicyclic amines) is 1. The predicted octanol–water partition coefficient (Wildman–Crippen LogP) is 2.16. The Balaban J connectivity index is 1.54. The Morgan fingerprint density at radius 3 is 2.88 bits per heavy atom. The van der Waals surface area contributed by atoms with Gasteiger partial charge < -0.3 is 4.90 Å². The minimum absolute atomic E-state index is 0.0506. The molecule has 1 aromatic heterocycles. The number of carbonyl (C=O) groups excluding carboxylic acids is 1. The quantitative estimate of drug-likeness (QED) is 0.849. The van der Waals surface area contributed by atoms with Gasteiger partial charge in [0.15, 0.2) is 5.82 Å². The van der Waals surface area contributed by atoms with Gasteiger partial charge >= 0.3 is 0 Å². The first kappa shape index (κ1) is 15.3. The SMILES string of the molecule is CC1(c2ccccc2)CCCN1C(=O)C1CCc2nnnn2CC1. The molecular formula is C18H23N5O. The van der Waals surface area contributed by atoms with E-state index in [1.54, 1.807) is 0 Å². The summed E-state index contributed by atoms with van der Waals surface area (Å²) in [5.74, 6) is 1.24. The van der Waals surface area contributed by atoms with E-state index in [9.17, 15) is 4.79 Å². The van der Waals surface area contributed by atoms with Crippen LogP contribution < -0.4 is 0 Å². The lowest BCUT2D eigenvalue weighted by Gasteiger charge is -2.38. The van der Waals surface area contributed by atoms with E-state index in [1.807, 2.05) is 10.7 Å². The topological polar surface area (TPSA) is 63.9 Å². The van der Waals surface area contributed by atoms with Gasteiger partial charge in [0.05, 0.1) is 5.54 Å². The first-order chi connectivity index (χ1) is 11.7. The summed E-state index contributed by atoms with van der Waals surface area (Å²) in [7, 11) is 0. The molecular weight excluding hydrogens is 302 g/mol. The van der Waals surface area contributed by atoms with Crippen LogP contribution in [0.5, 0.6) is 0 Å². The molecule has 0 radical (unpaired) electrons. The molecule has 0 N–H and O–H groups in total. The van der Waals surface area contributed by atoms with Crippen LogP contribution in [0, 0.1) is 5.92 Å². The fraction of sp³-hybridized carbons (Fsp3) is 0.556. The van der Waals surface area contributed by atoms with Crippen LogP contribution in [0.4, 0.5) is 0 Å². The highest BCUT2D eigenvalue weighted by atomic mass is 16.2. The van der Waals surface area contributed by atoms with Gasteiger partial charge in [-0.25, -0.2) is 4.68 Å². The molecule has 2 unspecified atom stereocenters. The van der Waals surface area contributed by atoms with E-state index in [2.05, 4.69) is 51.6 Å². The van der Waals surface area contributed by atoms with Crippen LogP contribution in [-0.2, 0) is 23.3 Å². The zero-order valence-corrected chi connectivity index (χ0v) is 14.1. The molecule has 2 atom stereocenters. The Kier molecular flexibility index (Phi) is 3.82. The van der Waals surface area contributed by atoms with Crippen LogP contribution in [-0.4, -0.2) is 37.6 Å². The summed E-state index contributed by atoms with van der Waals surface area (Å²) in [4.78, 5) is 15.4. The van der Waals surface area contributed by atoms with Crippen molar-refractivity contribution in [1.82, 2.24) is 25.1 Å². The molecule has 126 valence electrons. The Morgan fingerprint density at radius 2 is 2.04 bits per heavy atom. The molecule has 4 rings (SSSR count). The van der Waals surface area contributed by atoms with Crippen LogP contribution in [0.15, 0.2) is 30.3 Å². The number of hydrogen-bond acceptors (Lipinski definition) is 4. The van der Waals surface area contributed by atoms with E-state index < -0.39 is 0 Å². The van der Waals surface area contributed by atoms with Gasteiger partial charge in [0.25, 0.3) is 0 Å². The van der Waals surface area contributed by atoms with Crippen molar-refractivity contribution >= 4 is 5.91 Å². The van der Waals surface area contributed by atoms with Gasteiger partial charge in [-0.3, -0.25) is 4.79 Å². The number of carbonyl (C=O) groups is 1. The zero-order chi connectivity index (χ0) is 16.6. The van der Waals surface area contributed by atoms with Gasteiger partial charge in [0.2, 0.25) is 5.91 Å². The summed E-state index contributed by atoms with van der Waals surface area (Å²) in [6.45, 7) is 3.79. The lowest BCUT2D eigenvalue weighted by molar-refractivity contribution is -0.140. The molecule has 6 heteroatoms. The molecule has 2 aromatic rings. The largest absolute Gasteiger partial charge is 0.333 e. The van der Waals surface area contributed by atoms with Crippen LogP contribution in [0.25, 0.3) is 0 Å². The molecule has 1 aromatic carbocycles. The number of benzene rings is 1. The monoisotopic (exact) mass is 325 g/mol. The third-order valence-corrected chi connectivity index (χ3v) is 5.66. The average Bonchev–Trinajstić information content (AvgIpc) is 3.17. The molecule has 24 heavy (non-hydrogen) atoms. The maximum absolute atomic E-state index is 13.3. The van der Waals surface area contributed by atoms with E-state index in [4.69, 9.17) is 0 Å². The lowest BCUT2D eigenvalue weighted by atomic mass is 9.87. The highest BCUT2D eigenvalue weighted by Gasteiger charge is 2.43. The van der Waals surface area contributed by atoms with Crippen molar-refractivity contribution in [2.24, 2.45) is 5.92 Å². The molecule has 1 amide bonds. The number of tetrazole rings is 1. The van der Waals surface area contributed by atoms with Gasteiger partial charge in [-0.2, -0.15) is 0 Å². The van der Waals surface area contributed by atoms with Gasteiger partial charge in [0, 0.05) is 25.4 Å². The predicted molar refractivity (Wildman–Crippen MR) is 89.0 cm³/mol. The number of nitrogens with zero attached hydrogens (tertiary/aromatic N) is 5. The highest BCUT2D eigenvalue weighted by Crippen LogP contribution is 2.40. The molecule has 2 aliphatic heterocycles. The van der Waals surface area contributed by atoms with Crippen molar-refractivity contribution in [1.29, 1.82) is 0 Å². The number of hydrogen-bond donors (Lipinski definition) is 0. The minimum atomic E-state index is -0.183. The standard InChI is InChI=1S/C18H23N5O/c1-18(15-6-3-2-4-7-15)11-5-12-22(18)17(24)14-8-9-16-19-20-21-23(16)13-10-14/h2-4,6-7,14H,5,8-13H2,1H3.